The molecule has 0 bridgehead atoms. The Labute approximate surface area is 128 Å². The van der Waals surface area contributed by atoms with Crippen LogP contribution < -0.4 is 15.4 Å². The van der Waals surface area contributed by atoms with Crippen molar-refractivity contribution in [2.45, 2.75) is 26.2 Å². The van der Waals surface area contributed by atoms with Crippen LogP contribution in [0.15, 0.2) is 35.8 Å². The number of aromatic nitrogens is 1. The Kier molecular flexibility index (Phi) is 6.02. The third-order valence-electron chi connectivity index (χ3n) is 2.79. The van der Waals surface area contributed by atoms with E-state index in [-0.39, 0.29) is 6.03 Å². The molecule has 0 aliphatic carbocycles. The number of hydrogen-bond acceptors (Lipinski definition) is 4. The van der Waals surface area contributed by atoms with Crippen LogP contribution in [-0.4, -0.2) is 17.6 Å². The number of nitrogens with one attached hydrogen (secondary N) is 2. The smallest absolute Gasteiger partial charge is 0.325 e. The summed E-state index contributed by atoms with van der Waals surface area (Å²) in [6.07, 6.45) is 4.95. The van der Waals surface area contributed by atoms with E-state index in [1.165, 1.54) is 11.3 Å². The van der Waals surface area contributed by atoms with Gasteiger partial charge in [-0.05, 0) is 18.6 Å². The molecule has 1 heterocycles. The molecule has 21 heavy (non-hydrogen) atoms. The number of unbranched alkanes of at least 4 members (excludes halogenated alkanes) is 2. The molecule has 2 amide bonds. The summed E-state index contributed by atoms with van der Waals surface area (Å²) in [5, 5.41) is 7.83. The van der Waals surface area contributed by atoms with Gasteiger partial charge in [-0.1, -0.05) is 31.9 Å². The van der Waals surface area contributed by atoms with Crippen molar-refractivity contribution < 1.29 is 9.53 Å². The third-order valence-corrected chi connectivity index (χ3v) is 3.48. The summed E-state index contributed by atoms with van der Waals surface area (Å²) in [4.78, 5) is 15.9. The van der Waals surface area contributed by atoms with Crippen molar-refractivity contribution in [3.05, 3.63) is 35.8 Å². The number of urea groups is 1. The molecule has 0 saturated carbocycles. The SMILES string of the molecule is CCCCCOc1ccccc1NC(=O)Nc1nccs1. The van der Waals surface area contributed by atoms with Gasteiger partial charge in [0.15, 0.2) is 5.13 Å². The van der Waals surface area contributed by atoms with Crippen molar-refractivity contribution in [3.8, 4) is 5.75 Å². The van der Waals surface area contributed by atoms with Crippen LogP contribution in [0.1, 0.15) is 26.2 Å². The summed E-state index contributed by atoms with van der Waals surface area (Å²) in [5.74, 6) is 0.683. The first-order valence-corrected chi connectivity index (χ1v) is 7.87. The number of para-hydroxylation sites is 2. The number of benzene rings is 1. The second-order valence-corrected chi connectivity index (χ2v) is 5.36. The van der Waals surface area contributed by atoms with Gasteiger partial charge in [0.25, 0.3) is 0 Å². The predicted molar refractivity (Wildman–Crippen MR) is 86.2 cm³/mol. The summed E-state index contributed by atoms with van der Waals surface area (Å²) in [6.45, 7) is 2.80. The van der Waals surface area contributed by atoms with E-state index in [9.17, 15) is 4.79 Å². The summed E-state index contributed by atoms with van der Waals surface area (Å²) in [6, 6.07) is 7.09. The van der Waals surface area contributed by atoms with Gasteiger partial charge in [-0.3, -0.25) is 5.32 Å². The van der Waals surface area contributed by atoms with E-state index in [2.05, 4.69) is 22.5 Å². The fourth-order valence-corrected chi connectivity index (χ4v) is 2.29. The van der Waals surface area contributed by atoms with Gasteiger partial charge in [0.2, 0.25) is 0 Å². The molecule has 112 valence electrons. The number of amides is 2. The number of hydrogen-bond donors (Lipinski definition) is 2. The first-order chi connectivity index (χ1) is 10.3. The van der Waals surface area contributed by atoms with Crippen LogP contribution in [0.2, 0.25) is 0 Å². The number of rotatable bonds is 7. The van der Waals surface area contributed by atoms with Crippen molar-refractivity contribution in [1.82, 2.24) is 4.98 Å². The predicted octanol–water partition coefficient (Wildman–Crippen LogP) is 4.36. The van der Waals surface area contributed by atoms with Crippen molar-refractivity contribution in [1.29, 1.82) is 0 Å². The molecule has 0 radical (unpaired) electrons. The number of ether oxygens (including phenoxy) is 1. The fourth-order valence-electron chi connectivity index (χ4n) is 1.77. The summed E-state index contributed by atoms with van der Waals surface area (Å²) < 4.78 is 5.72. The number of carbonyl (C=O) groups is 1. The first-order valence-electron chi connectivity index (χ1n) is 6.99. The molecule has 5 nitrogen and oxygen atoms in total. The largest absolute Gasteiger partial charge is 0.491 e. The van der Waals surface area contributed by atoms with Crippen molar-refractivity contribution in [3.63, 3.8) is 0 Å². The molecule has 2 aromatic rings. The van der Waals surface area contributed by atoms with Gasteiger partial charge in [0.05, 0.1) is 12.3 Å². The zero-order valence-electron chi connectivity index (χ0n) is 12.0. The van der Waals surface area contributed by atoms with Crippen molar-refractivity contribution in [2.24, 2.45) is 0 Å². The molecule has 1 aromatic carbocycles. The Morgan fingerprint density at radius 3 is 2.90 bits per heavy atom. The van der Waals surface area contributed by atoms with E-state index in [0.29, 0.717) is 23.2 Å². The molecule has 0 atom stereocenters. The zero-order valence-corrected chi connectivity index (χ0v) is 12.8. The van der Waals surface area contributed by atoms with Crippen LogP contribution in [0.25, 0.3) is 0 Å². The van der Waals surface area contributed by atoms with Gasteiger partial charge >= 0.3 is 6.03 Å². The molecular formula is C15H19N3O2S. The molecule has 0 aliphatic heterocycles. The molecule has 0 saturated heterocycles. The molecular weight excluding hydrogens is 286 g/mol. The standard InChI is InChI=1S/C15H19N3O2S/c1-2-3-6-10-20-13-8-5-4-7-12(13)17-14(19)18-15-16-9-11-21-15/h4-5,7-9,11H,2-3,6,10H2,1H3,(H2,16,17,18,19). The highest BCUT2D eigenvalue weighted by atomic mass is 32.1. The minimum Gasteiger partial charge on any atom is -0.491 e. The second kappa shape index (κ2) is 8.26. The Hall–Kier alpha value is -2.08. The lowest BCUT2D eigenvalue weighted by Gasteiger charge is -2.12. The van der Waals surface area contributed by atoms with E-state index < -0.39 is 0 Å². The molecule has 6 heteroatoms. The average molecular weight is 305 g/mol. The van der Waals surface area contributed by atoms with E-state index in [1.54, 1.807) is 11.6 Å². The number of thiazole rings is 1. The second-order valence-electron chi connectivity index (χ2n) is 4.47. The Balaban J connectivity index is 1.91. The number of carbonyl (C=O) groups excluding carboxylic acids is 1. The topological polar surface area (TPSA) is 63.2 Å². The van der Waals surface area contributed by atoms with Crippen LogP contribution in [-0.2, 0) is 0 Å². The molecule has 2 N–H and O–H groups in total. The zero-order chi connectivity index (χ0) is 14.9. The molecule has 0 fully saturated rings. The normalized spacial score (nSPS) is 10.1. The maximum atomic E-state index is 11.9. The van der Waals surface area contributed by atoms with Gasteiger partial charge in [-0.2, -0.15) is 0 Å². The molecule has 0 aliphatic rings. The maximum absolute atomic E-state index is 11.9. The van der Waals surface area contributed by atoms with Crippen molar-refractivity contribution >= 4 is 28.2 Å². The number of anilines is 2. The van der Waals surface area contributed by atoms with Gasteiger partial charge in [0, 0.05) is 11.6 Å². The molecule has 1 aromatic heterocycles. The van der Waals surface area contributed by atoms with Gasteiger partial charge in [-0.15, -0.1) is 11.3 Å². The van der Waals surface area contributed by atoms with E-state index in [1.807, 2.05) is 24.3 Å². The van der Waals surface area contributed by atoms with Gasteiger partial charge < -0.3 is 10.1 Å². The monoisotopic (exact) mass is 305 g/mol. The van der Waals surface area contributed by atoms with E-state index in [0.717, 1.165) is 19.3 Å². The Morgan fingerprint density at radius 1 is 1.29 bits per heavy atom. The highest BCUT2D eigenvalue weighted by Gasteiger charge is 2.08. The van der Waals surface area contributed by atoms with Gasteiger partial charge in [0.1, 0.15) is 5.75 Å². The highest BCUT2D eigenvalue weighted by Crippen LogP contribution is 2.24. The lowest BCUT2D eigenvalue weighted by molar-refractivity contribution is 0.261. The minimum atomic E-state index is -0.324. The Bertz CT molecular complexity index is 558. The Morgan fingerprint density at radius 2 is 2.14 bits per heavy atom. The molecule has 2 rings (SSSR count). The van der Waals surface area contributed by atoms with Crippen LogP contribution >= 0.6 is 11.3 Å². The first kappa shape index (κ1) is 15.3. The van der Waals surface area contributed by atoms with Gasteiger partial charge in [-0.25, -0.2) is 9.78 Å². The van der Waals surface area contributed by atoms with Crippen molar-refractivity contribution in [2.75, 3.05) is 17.2 Å². The van der Waals surface area contributed by atoms with Crippen LogP contribution in [0, 0.1) is 0 Å². The summed E-state index contributed by atoms with van der Waals surface area (Å²) >= 11 is 1.37. The highest BCUT2D eigenvalue weighted by molar-refractivity contribution is 7.13. The average Bonchev–Trinajstić information content (AvgIpc) is 2.98. The quantitative estimate of drug-likeness (QED) is 0.747. The molecule has 0 spiro atoms. The van der Waals surface area contributed by atoms with Crippen LogP contribution in [0.3, 0.4) is 0 Å². The lowest BCUT2D eigenvalue weighted by atomic mass is 10.2. The summed E-state index contributed by atoms with van der Waals surface area (Å²) in [5.41, 5.74) is 0.656. The molecule has 0 unspecified atom stereocenters. The fraction of sp³-hybridized carbons (Fsp3) is 0.333. The maximum Gasteiger partial charge on any atom is 0.325 e. The third kappa shape index (κ3) is 5.07. The lowest BCUT2D eigenvalue weighted by Crippen LogP contribution is -2.19. The minimum absolute atomic E-state index is 0.324. The van der Waals surface area contributed by atoms with E-state index in [4.69, 9.17) is 4.74 Å². The van der Waals surface area contributed by atoms with Crippen LogP contribution in [0.5, 0.6) is 5.75 Å². The number of nitrogens with zero attached hydrogens (tertiary/aromatic N) is 1. The van der Waals surface area contributed by atoms with Crippen LogP contribution in [0.4, 0.5) is 15.6 Å². The summed E-state index contributed by atoms with van der Waals surface area (Å²) in [7, 11) is 0. The van der Waals surface area contributed by atoms with E-state index >= 15 is 0 Å².